The average molecular weight is 240 g/mol. The number of nitriles is 1. The minimum atomic E-state index is -0.844. The fourth-order valence-electron chi connectivity index (χ4n) is 1.35. The largest absolute Gasteiger partial charge is 0.354 e. The molecule has 0 aromatic carbocycles. The molecule has 0 radical (unpaired) electrons. The highest BCUT2D eigenvalue weighted by Gasteiger charge is 2.34. The number of hydrogen-bond acceptors (Lipinski definition) is 3. The van der Waals surface area contributed by atoms with Crippen molar-refractivity contribution >= 4 is 17.7 Å². The molecule has 0 aromatic heterocycles. The van der Waals surface area contributed by atoms with Crippen LogP contribution in [0.5, 0.6) is 0 Å². The maximum atomic E-state index is 11.8. The highest BCUT2D eigenvalue weighted by Crippen LogP contribution is 2.25. The summed E-state index contributed by atoms with van der Waals surface area (Å²) in [5, 5.41) is 11.9. The van der Waals surface area contributed by atoms with Crippen molar-refractivity contribution < 1.29 is 4.79 Å². The lowest BCUT2D eigenvalue weighted by Crippen LogP contribution is -2.40. The molecule has 0 heterocycles. The van der Waals surface area contributed by atoms with Crippen molar-refractivity contribution in [3.8, 4) is 6.07 Å². The molecule has 1 amide bonds. The molecule has 4 heteroatoms. The molecule has 0 aliphatic heterocycles. The second-order valence-electron chi connectivity index (χ2n) is 3.52. The zero-order valence-corrected chi connectivity index (χ0v) is 10.9. The Bertz CT molecular complexity index is 267. The number of carbonyl (C=O) groups excluding carboxylic acids is 1. The van der Waals surface area contributed by atoms with Gasteiger partial charge in [0.1, 0.15) is 5.41 Å². The standard InChI is InChI=1S/C12H20N2OS/c1-4-8-16-9-7-14-11(15)12(5-2,6-3)10-13/h4H,1,5-9H2,2-3H3,(H,14,15). The first-order chi connectivity index (χ1) is 7.66. The van der Waals surface area contributed by atoms with Gasteiger partial charge in [-0.1, -0.05) is 19.9 Å². The normalized spacial score (nSPS) is 10.6. The minimum Gasteiger partial charge on any atom is -0.354 e. The second-order valence-corrected chi connectivity index (χ2v) is 4.67. The van der Waals surface area contributed by atoms with E-state index in [1.54, 1.807) is 11.8 Å². The fraction of sp³-hybridized carbons (Fsp3) is 0.667. The molecule has 0 saturated heterocycles. The molecule has 90 valence electrons. The molecule has 3 nitrogen and oxygen atoms in total. The number of hydrogen-bond donors (Lipinski definition) is 1. The van der Waals surface area contributed by atoms with E-state index in [4.69, 9.17) is 5.26 Å². The van der Waals surface area contributed by atoms with E-state index in [-0.39, 0.29) is 5.91 Å². The molecule has 0 aromatic rings. The first-order valence-corrected chi connectivity index (χ1v) is 6.70. The van der Waals surface area contributed by atoms with Gasteiger partial charge in [0.05, 0.1) is 6.07 Å². The maximum absolute atomic E-state index is 11.8. The monoisotopic (exact) mass is 240 g/mol. The van der Waals surface area contributed by atoms with Crippen molar-refractivity contribution in [1.82, 2.24) is 5.32 Å². The second kappa shape index (κ2) is 8.23. The van der Waals surface area contributed by atoms with Gasteiger partial charge < -0.3 is 5.32 Å². The van der Waals surface area contributed by atoms with Crippen LogP contribution < -0.4 is 5.32 Å². The number of carbonyl (C=O) groups is 1. The van der Waals surface area contributed by atoms with Crippen LogP contribution in [-0.4, -0.2) is 24.0 Å². The van der Waals surface area contributed by atoms with Crippen LogP contribution in [0.3, 0.4) is 0 Å². The predicted molar refractivity (Wildman–Crippen MR) is 69.2 cm³/mol. The van der Waals surface area contributed by atoms with Crippen molar-refractivity contribution in [2.45, 2.75) is 26.7 Å². The summed E-state index contributed by atoms with van der Waals surface area (Å²) in [7, 11) is 0. The Labute approximate surface area is 102 Å². The van der Waals surface area contributed by atoms with Gasteiger partial charge in [-0.05, 0) is 12.8 Å². The van der Waals surface area contributed by atoms with Gasteiger partial charge in [0.2, 0.25) is 5.91 Å². The molecule has 16 heavy (non-hydrogen) atoms. The first-order valence-electron chi connectivity index (χ1n) is 5.55. The summed E-state index contributed by atoms with van der Waals surface area (Å²) in [6.07, 6.45) is 2.96. The van der Waals surface area contributed by atoms with Gasteiger partial charge in [-0.2, -0.15) is 17.0 Å². The molecule has 0 rings (SSSR count). The van der Waals surface area contributed by atoms with Crippen LogP contribution in [0.4, 0.5) is 0 Å². The summed E-state index contributed by atoms with van der Waals surface area (Å²) >= 11 is 1.71. The fourth-order valence-corrected chi connectivity index (χ4v) is 1.93. The molecule has 1 N–H and O–H groups in total. The summed E-state index contributed by atoms with van der Waals surface area (Å²) in [6, 6.07) is 2.13. The summed E-state index contributed by atoms with van der Waals surface area (Å²) in [5.41, 5.74) is -0.844. The lowest BCUT2D eigenvalue weighted by atomic mass is 9.83. The van der Waals surface area contributed by atoms with Crippen LogP contribution >= 0.6 is 11.8 Å². The van der Waals surface area contributed by atoms with Crippen LogP contribution in [0.25, 0.3) is 0 Å². The van der Waals surface area contributed by atoms with Gasteiger partial charge >= 0.3 is 0 Å². The van der Waals surface area contributed by atoms with E-state index in [0.29, 0.717) is 19.4 Å². The molecule has 0 bridgehead atoms. The van der Waals surface area contributed by atoms with E-state index in [1.807, 2.05) is 19.9 Å². The van der Waals surface area contributed by atoms with Gasteiger partial charge in [-0.15, -0.1) is 6.58 Å². The van der Waals surface area contributed by atoms with E-state index >= 15 is 0 Å². The Balaban J connectivity index is 4.04. The number of amides is 1. The number of nitrogens with one attached hydrogen (secondary N) is 1. The smallest absolute Gasteiger partial charge is 0.240 e. The van der Waals surface area contributed by atoms with Crippen molar-refractivity contribution in [3.05, 3.63) is 12.7 Å². The zero-order valence-electron chi connectivity index (χ0n) is 10.1. The third-order valence-electron chi connectivity index (χ3n) is 2.62. The number of nitrogens with zero attached hydrogens (tertiary/aromatic N) is 1. The van der Waals surface area contributed by atoms with Crippen LogP contribution in [0, 0.1) is 16.7 Å². The van der Waals surface area contributed by atoms with Gasteiger partial charge in [0.15, 0.2) is 0 Å². The van der Waals surface area contributed by atoms with Crippen LogP contribution in [0.1, 0.15) is 26.7 Å². The SMILES string of the molecule is C=CCSCCNC(=O)C(C#N)(CC)CC. The Kier molecular flexibility index (Phi) is 7.74. The summed E-state index contributed by atoms with van der Waals surface area (Å²) < 4.78 is 0. The Morgan fingerprint density at radius 2 is 2.19 bits per heavy atom. The average Bonchev–Trinajstić information content (AvgIpc) is 2.32. The lowest BCUT2D eigenvalue weighted by Gasteiger charge is -2.21. The molecular formula is C12H20N2OS. The van der Waals surface area contributed by atoms with Crippen molar-refractivity contribution in [2.24, 2.45) is 5.41 Å². The predicted octanol–water partition coefficient (Wildman–Crippen LogP) is 2.35. The van der Waals surface area contributed by atoms with Crippen molar-refractivity contribution in [1.29, 1.82) is 5.26 Å². The summed E-state index contributed by atoms with van der Waals surface area (Å²) in [6.45, 7) is 7.98. The van der Waals surface area contributed by atoms with Crippen LogP contribution in [-0.2, 0) is 4.79 Å². The lowest BCUT2D eigenvalue weighted by molar-refractivity contribution is -0.128. The molecule has 0 spiro atoms. The van der Waals surface area contributed by atoms with E-state index < -0.39 is 5.41 Å². The van der Waals surface area contributed by atoms with E-state index in [9.17, 15) is 4.79 Å². The number of rotatable bonds is 8. The molecular weight excluding hydrogens is 220 g/mol. The number of thioether (sulfide) groups is 1. The Morgan fingerprint density at radius 1 is 1.56 bits per heavy atom. The summed E-state index contributed by atoms with van der Waals surface area (Å²) in [5.74, 6) is 1.60. The molecule has 0 saturated carbocycles. The van der Waals surface area contributed by atoms with Crippen molar-refractivity contribution in [3.63, 3.8) is 0 Å². The molecule has 0 aliphatic carbocycles. The van der Waals surface area contributed by atoms with Gasteiger partial charge in [0.25, 0.3) is 0 Å². The summed E-state index contributed by atoms with van der Waals surface area (Å²) in [4.78, 5) is 11.8. The maximum Gasteiger partial charge on any atom is 0.240 e. The Morgan fingerprint density at radius 3 is 2.62 bits per heavy atom. The van der Waals surface area contributed by atoms with E-state index in [2.05, 4.69) is 18.0 Å². The van der Waals surface area contributed by atoms with Gasteiger partial charge in [-0.3, -0.25) is 4.79 Å². The van der Waals surface area contributed by atoms with Crippen LogP contribution in [0.2, 0.25) is 0 Å². The topological polar surface area (TPSA) is 52.9 Å². The highest BCUT2D eigenvalue weighted by atomic mass is 32.2. The molecule has 0 aliphatic rings. The molecule has 0 fully saturated rings. The highest BCUT2D eigenvalue weighted by molar-refractivity contribution is 7.99. The van der Waals surface area contributed by atoms with Crippen LogP contribution in [0.15, 0.2) is 12.7 Å². The third-order valence-corrected chi connectivity index (χ3v) is 3.59. The van der Waals surface area contributed by atoms with E-state index in [0.717, 1.165) is 11.5 Å². The van der Waals surface area contributed by atoms with Gasteiger partial charge in [0, 0.05) is 18.1 Å². The quantitative estimate of drug-likeness (QED) is 0.523. The van der Waals surface area contributed by atoms with Gasteiger partial charge in [-0.25, -0.2) is 0 Å². The minimum absolute atomic E-state index is 0.140. The molecule has 0 unspecified atom stereocenters. The molecule has 0 atom stereocenters. The van der Waals surface area contributed by atoms with E-state index in [1.165, 1.54) is 0 Å². The Hall–Kier alpha value is -0.950. The third kappa shape index (κ3) is 4.28. The zero-order chi connectivity index (χ0) is 12.4. The first kappa shape index (κ1) is 15.0. The van der Waals surface area contributed by atoms with Crippen molar-refractivity contribution in [2.75, 3.05) is 18.1 Å².